The van der Waals surface area contributed by atoms with Crippen LogP contribution in [0.3, 0.4) is 0 Å². The minimum absolute atomic E-state index is 0.0885. The van der Waals surface area contributed by atoms with Crippen LogP contribution in [0.15, 0.2) is 0 Å². The van der Waals surface area contributed by atoms with Crippen molar-refractivity contribution in [2.45, 2.75) is 52.6 Å². The van der Waals surface area contributed by atoms with Crippen molar-refractivity contribution in [1.82, 2.24) is 5.32 Å². The number of amides is 1. The van der Waals surface area contributed by atoms with E-state index in [1.807, 2.05) is 34.0 Å². The zero-order valence-electron chi connectivity index (χ0n) is 10.6. The first-order valence-electron chi connectivity index (χ1n) is 5.91. The van der Waals surface area contributed by atoms with Gasteiger partial charge in [0.05, 0.1) is 12.1 Å². The summed E-state index contributed by atoms with van der Waals surface area (Å²) in [6.45, 7) is 7.78. The average molecular weight is 227 g/mol. The van der Waals surface area contributed by atoms with E-state index in [-0.39, 0.29) is 17.7 Å². The molecule has 1 amide bonds. The van der Waals surface area contributed by atoms with Crippen LogP contribution in [-0.2, 0) is 9.59 Å². The van der Waals surface area contributed by atoms with E-state index in [1.54, 1.807) is 0 Å². The van der Waals surface area contributed by atoms with Crippen molar-refractivity contribution >= 4 is 12.2 Å². The Morgan fingerprint density at radius 3 is 2.12 bits per heavy atom. The zero-order valence-corrected chi connectivity index (χ0v) is 10.6. The molecule has 0 spiro atoms. The first-order valence-corrected chi connectivity index (χ1v) is 5.91. The Kier molecular flexibility index (Phi) is 6.97. The fraction of sp³-hybridized carbons (Fsp3) is 0.833. The number of nitrogens with two attached hydrogens (primary N) is 1. The summed E-state index contributed by atoms with van der Waals surface area (Å²) in [6, 6.07) is -1.10. The maximum absolute atomic E-state index is 11.7. The predicted octanol–water partition coefficient (Wildman–Crippen LogP) is 1.00. The van der Waals surface area contributed by atoms with Gasteiger partial charge in [-0.25, -0.2) is 0 Å². The molecule has 93 valence electrons. The number of rotatable bonds is 7. The molecular formula is C12H23N2O2. The standard InChI is InChI=1S/C12H23N2O2/c1-5-8(3)10(7-15)14-12(16)11(13)9(4)6-2/h8-11H,5-6,13H2,1-4H3,(H,14,16). The van der Waals surface area contributed by atoms with E-state index >= 15 is 0 Å². The van der Waals surface area contributed by atoms with Crippen molar-refractivity contribution in [3.63, 3.8) is 0 Å². The SMILES string of the molecule is CCC(C)C([C]=O)NC(=O)C(N)C(C)CC. The van der Waals surface area contributed by atoms with Gasteiger partial charge in [0.25, 0.3) is 0 Å². The third-order valence-electron chi connectivity index (χ3n) is 3.20. The first-order chi connectivity index (χ1) is 7.47. The van der Waals surface area contributed by atoms with Crippen LogP contribution in [0.5, 0.6) is 0 Å². The van der Waals surface area contributed by atoms with E-state index in [9.17, 15) is 9.59 Å². The third kappa shape index (κ3) is 4.31. The molecule has 0 aliphatic rings. The van der Waals surface area contributed by atoms with Gasteiger partial charge in [-0.15, -0.1) is 0 Å². The number of hydrogen-bond donors (Lipinski definition) is 2. The number of carbonyl (C=O) groups is 1. The molecule has 1 radical (unpaired) electrons. The lowest BCUT2D eigenvalue weighted by molar-refractivity contribution is -0.124. The van der Waals surface area contributed by atoms with Crippen LogP contribution in [0.4, 0.5) is 0 Å². The van der Waals surface area contributed by atoms with Crippen molar-refractivity contribution < 1.29 is 9.59 Å². The van der Waals surface area contributed by atoms with Crippen molar-refractivity contribution in [2.24, 2.45) is 17.6 Å². The average Bonchev–Trinajstić information content (AvgIpc) is 2.32. The van der Waals surface area contributed by atoms with E-state index < -0.39 is 12.1 Å². The molecule has 0 rings (SSSR count). The fourth-order valence-corrected chi connectivity index (χ4v) is 1.29. The summed E-state index contributed by atoms with van der Waals surface area (Å²) in [5.41, 5.74) is 5.77. The van der Waals surface area contributed by atoms with Crippen LogP contribution < -0.4 is 11.1 Å². The van der Waals surface area contributed by atoms with Crippen molar-refractivity contribution in [2.75, 3.05) is 0 Å². The highest BCUT2D eigenvalue weighted by Crippen LogP contribution is 2.08. The third-order valence-corrected chi connectivity index (χ3v) is 3.20. The van der Waals surface area contributed by atoms with Crippen molar-refractivity contribution in [3.05, 3.63) is 0 Å². The zero-order chi connectivity index (χ0) is 12.7. The molecule has 4 atom stereocenters. The van der Waals surface area contributed by atoms with E-state index in [1.165, 1.54) is 0 Å². The summed E-state index contributed by atoms with van der Waals surface area (Å²) in [4.78, 5) is 22.4. The topological polar surface area (TPSA) is 72.2 Å². The lowest BCUT2D eigenvalue weighted by Crippen LogP contribution is -2.50. The van der Waals surface area contributed by atoms with Gasteiger partial charge in [0.2, 0.25) is 12.2 Å². The lowest BCUT2D eigenvalue weighted by Gasteiger charge is -2.22. The Hall–Kier alpha value is -0.900. The second-order valence-electron chi connectivity index (χ2n) is 4.40. The van der Waals surface area contributed by atoms with Crippen LogP contribution in [0.2, 0.25) is 0 Å². The number of carbonyl (C=O) groups excluding carboxylic acids is 2. The predicted molar refractivity (Wildman–Crippen MR) is 64.5 cm³/mol. The van der Waals surface area contributed by atoms with Gasteiger partial charge in [-0.3, -0.25) is 9.59 Å². The maximum Gasteiger partial charge on any atom is 0.237 e. The molecule has 0 aromatic rings. The van der Waals surface area contributed by atoms with Crippen LogP contribution in [0.1, 0.15) is 40.5 Å². The van der Waals surface area contributed by atoms with E-state index in [4.69, 9.17) is 5.73 Å². The lowest BCUT2D eigenvalue weighted by atomic mass is 9.97. The Morgan fingerprint density at radius 2 is 1.75 bits per heavy atom. The second kappa shape index (κ2) is 7.39. The van der Waals surface area contributed by atoms with Gasteiger partial charge in [-0.05, 0) is 11.8 Å². The monoisotopic (exact) mass is 227 g/mol. The quantitative estimate of drug-likeness (QED) is 0.681. The summed E-state index contributed by atoms with van der Waals surface area (Å²) in [5.74, 6) is -0.0576. The second-order valence-corrected chi connectivity index (χ2v) is 4.40. The normalized spacial score (nSPS) is 18.3. The van der Waals surface area contributed by atoms with Crippen molar-refractivity contribution in [1.29, 1.82) is 0 Å². The number of nitrogens with one attached hydrogen (secondary N) is 1. The molecule has 0 saturated heterocycles. The minimum Gasteiger partial charge on any atom is -0.344 e. The molecule has 0 aliphatic heterocycles. The van der Waals surface area contributed by atoms with Crippen LogP contribution in [-0.4, -0.2) is 24.3 Å². The van der Waals surface area contributed by atoms with Gasteiger partial charge in [0.1, 0.15) is 0 Å². The molecule has 0 heterocycles. The molecule has 4 heteroatoms. The molecule has 0 saturated carbocycles. The smallest absolute Gasteiger partial charge is 0.237 e. The van der Waals surface area contributed by atoms with Gasteiger partial charge in [0, 0.05) is 0 Å². The summed E-state index contributed by atoms with van der Waals surface area (Å²) in [6.07, 6.45) is 3.52. The summed E-state index contributed by atoms with van der Waals surface area (Å²) >= 11 is 0. The highest BCUT2D eigenvalue weighted by atomic mass is 16.2. The van der Waals surface area contributed by atoms with Crippen LogP contribution in [0, 0.1) is 11.8 Å². The Labute approximate surface area is 98.0 Å². The highest BCUT2D eigenvalue weighted by Gasteiger charge is 2.24. The molecule has 0 aromatic heterocycles. The van der Waals surface area contributed by atoms with Crippen LogP contribution in [0.25, 0.3) is 0 Å². The van der Waals surface area contributed by atoms with Crippen molar-refractivity contribution in [3.8, 4) is 0 Å². The fourth-order valence-electron chi connectivity index (χ4n) is 1.29. The van der Waals surface area contributed by atoms with Gasteiger partial charge in [-0.2, -0.15) is 0 Å². The maximum atomic E-state index is 11.7. The summed E-state index contributed by atoms with van der Waals surface area (Å²) in [7, 11) is 0. The molecule has 3 N–H and O–H groups in total. The summed E-state index contributed by atoms with van der Waals surface area (Å²) in [5, 5.41) is 2.64. The Morgan fingerprint density at radius 1 is 1.25 bits per heavy atom. The molecule has 4 nitrogen and oxygen atoms in total. The van der Waals surface area contributed by atoms with E-state index in [0.29, 0.717) is 0 Å². The van der Waals surface area contributed by atoms with Crippen LogP contribution >= 0.6 is 0 Å². The molecule has 0 fully saturated rings. The molecule has 4 unspecified atom stereocenters. The Bertz CT molecular complexity index is 231. The Balaban J connectivity index is 4.35. The molecule has 16 heavy (non-hydrogen) atoms. The molecule has 0 aliphatic carbocycles. The minimum atomic E-state index is -0.551. The van der Waals surface area contributed by atoms with Gasteiger partial charge in [0.15, 0.2) is 0 Å². The summed E-state index contributed by atoms with van der Waals surface area (Å²) < 4.78 is 0. The first kappa shape index (κ1) is 15.1. The highest BCUT2D eigenvalue weighted by molar-refractivity contribution is 5.84. The van der Waals surface area contributed by atoms with Gasteiger partial charge < -0.3 is 11.1 Å². The van der Waals surface area contributed by atoms with Gasteiger partial charge in [-0.1, -0.05) is 40.5 Å². The van der Waals surface area contributed by atoms with E-state index in [2.05, 4.69) is 5.32 Å². The van der Waals surface area contributed by atoms with Gasteiger partial charge >= 0.3 is 0 Å². The molecule has 0 bridgehead atoms. The number of hydrogen-bond acceptors (Lipinski definition) is 3. The largest absolute Gasteiger partial charge is 0.344 e. The van der Waals surface area contributed by atoms with E-state index in [0.717, 1.165) is 12.8 Å². The molecule has 0 aromatic carbocycles. The molecular weight excluding hydrogens is 204 g/mol.